The van der Waals surface area contributed by atoms with Crippen LogP contribution in [0.4, 0.5) is 0 Å². The number of carboxylic acids is 1. The fraction of sp³-hybridized carbons (Fsp3) is 0.545. The van der Waals surface area contributed by atoms with Crippen molar-refractivity contribution in [3.05, 3.63) is 16.3 Å². The lowest BCUT2D eigenvalue weighted by atomic mass is 9.95. The van der Waals surface area contributed by atoms with Crippen molar-refractivity contribution in [2.75, 3.05) is 19.8 Å². The van der Waals surface area contributed by atoms with Gasteiger partial charge in [0.1, 0.15) is 4.88 Å². The van der Waals surface area contributed by atoms with Gasteiger partial charge in [-0.25, -0.2) is 17.9 Å². The molecule has 0 saturated carbocycles. The number of rotatable bonds is 5. The van der Waals surface area contributed by atoms with Gasteiger partial charge in [0.25, 0.3) is 0 Å². The first kappa shape index (κ1) is 15.4. The Labute approximate surface area is 120 Å². The molecule has 20 heavy (non-hydrogen) atoms. The molecule has 7 nitrogen and oxygen atoms in total. The van der Waals surface area contributed by atoms with Crippen LogP contribution in [0, 0.1) is 0 Å². The van der Waals surface area contributed by atoms with Crippen LogP contribution in [0.2, 0.25) is 0 Å². The number of thiophene rings is 1. The molecule has 0 aliphatic carbocycles. The Bertz CT molecular complexity index is 588. The second kappa shape index (κ2) is 5.78. The Morgan fingerprint density at radius 2 is 2.10 bits per heavy atom. The molecule has 1 aromatic rings. The largest absolute Gasteiger partial charge is 0.477 e. The van der Waals surface area contributed by atoms with Crippen molar-refractivity contribution in [2.45, 2.75) is 23.3 Å². The Balaban J connectivity index is 2.05. The van der Waals surface area contributed by atoms with Crippen molar-refractivity contribution in [3.8, 4) is 0 Å². The van der Waals surface area contributed by atoms with Gasteiger partial charge in [-0.05, 0) is 6.07 Å². The summed E-state index contributed by atoms with van der Waals surface area (Å²) in [6, 6.07) is 1.10. The van der Waals surface area contributed by atoms with Gasteiger partial charge in [-0.1, -0.05) is 0 Å². The molecule has 112 valence electrons. The molecule has 0 atom stereocenters. The van der Waals surface area contributed by atoms with Crippen molar-refractivity contribution < 1.29 is 28.2 Å². The minimum atomic E-state index is -3.81. The Hall–Kier alpha value is -1.00. The van der Waals surface area contributed by atoms with Crippen LogP contribution < -0.4 is 4.72 Å². The number of aliphatic hydroxyl groups is 1. The average Bonchev–Trinajstić information content (AvgIpc) is 2.88. The van der Waals surface area contributed by atoms with Gasteiger partial charge in [0.15, 0.2) is 0 Å². The third-order valence-corrected chi connectivity index (χ3v) is 5.56. The van der Waals surface area contributed by atoms with Gasteiger partial charge in [-0.15, -0.1) is 11.3 Å². The minimum Gasteiger partial charge on any atom is -0.477 e. The number of carboxylic acid groups (broad SMARTS) is 1. The van der Waals surface area contributed by atoms with Crippen LogP contribution in [0.3, 0.4) is 0 Å². The molecule has 1 aromatic heterocycles. The number of sulfonamides is 1. The smallest absolute Gasteiger partial charge is 0.345 e. The maximum atomic E-state index is 12.0. The number of hydrogen-bond donors (Lipinski definition) is 3. The molecule has 0 amide bonds. The number of carbonyl (C=O) groups is 1. The lowest BCUT2D eigenvalue weighted by Gasteiger charge is -2.31. The zero-order valence-corrected chi connectivity index (χ0v) is 12.2. The molecule has 0 spiro atoms. The molecule has 3 N–H and O–H groups in total. The summed E-state index contributed by atoms with van der Waals surface area (Å²) in [5.41, 5.74) is -1.11. The SMILES string of the molecule is O=C(O)c1cc(S(=O)(=O)NCC2(O)CCOCC2)cs1. The van der Waals surface area contributed by atoms with E-state index < -0.39 is 21.6 Å². The van der Waals surface area contributed by atoms with Gasteiger partial charge >= 0.3 is 5.97 Å². The number of nitrogens with one attached hydrogen (secondary N) is 1. The lowest BCUT2D eigenvalue weighted by Crippen LogP contribution is -2.46. The van der Waals surface area contributed by atoms with Crippen LogP contribution in [-0.2, 0) is 14.8 Å². The van der Waals surface area contributed by atoms with Gasteiger partial charge in [0.2, 0.25) is 10.0 Å². The summed E-state index contributed by atoms with van der Waals surface area (Å²) >= 11 is 0.844. The molecule has 9 heteroatoms. The molecule has 2 rings (SSSR count). The Morgan fingerprint density at radius 3 is 2.65 bits per heavy atom. The van der Waals surface area contributed by atoms with Gasteiger partial charge in [0.05, 0.1) is 10.5 Å². The van der Waals surface area contributed by atoms with Crippen LogP contribution in [0.15, 0.2) is 16.3 Å². The molecule has 0 aromatic carbocycles. The molecule has 1 saturated heterocycles. The molecule has 0 bridgehead atoms. The third kappa shape index (κ3) is 3.55. The van der Waals surface area contributed by atoms with Crippen molar-refractivity contribution in [1.82, 2.24) is 4.72 Å². The van der Waals surface area contributed by atoms with Crippen LogP contribution >= 0.6 is 11.3 Å². The van der Waals surface area contributed by atoms with Gasteiger partial charge in [-0.3, -0.25) is 0 Å². The highest BCUT2D eigenvalue weighted by Crippen LogP contribution is 2.22. The summed E-state index contributed by atoms with van der Waals surface area (Å²) in [5.74, 6) is -1.17. The highest BCUT2D eigenvalue weighted by Gasteiger charge is 2.31. The molecule has 2 heterocycles. The number of hydrogen-bond acceptors (Lipinski definition) is 6. The van der Waals surface area contributed by atoms with Gasteiger partial charge < -0.3 is 14.9 Å². The van der Waals surface area contributed by atoms with E-state index in [-0.39, 0.29) is 16.3 Å². The van der Waals surface area contributed by atoms with Gasteiger partial charge in [-0.2, -0.15) is 0 Å². The van der Waals surface area contributed by atoms with E-state index in [4.69, 9.17) is 9.84 Å². The summed E-state index contributed by atoms with van der Waals surface area (Å²) in [4.78, 5) is 10.6. The summed E-state index contributed by atoms with van der Waals surface area (Å²) in [5, 5.41) is 20.2. The van der Waals surface area contributed by atoms with Crippen LogP contribution in [0.1, 0.15) is 22.5 Å². The van der Waals surface area contributed by atoms with E-state index in [1.165, 1.54) is 5.38 Å². The number of ether oxygens (including phenoxy) is 1. The summed E-state index contributed by atoms with van der Waals surface area (Å²) in [6.07, 6.45) is 0.721. The Morgan fingerprint density at radius 1 is 1.45 bits per heavy atom. The average molecular weight is 321 g/mol. The lowest BCUT2D eigenvalue weighted by molar-refractivity contribution is -0.0588. The van der Waals surface area contributed by atoms with Crippen molar-refractivity contribution in [2.24, 2.45) is 0 Å². The zero-order chi connectivity index (χ0) is 14.8. The van der Waals surface area contributed by atoms with E-state index in [9.17, 15) is 18.3 Å². The highest BCUT2D eigenvalue weighted by atomic mass is 32.2. The summed E-state index contributed by atoms with van der Waals surface area (Å²) in [6.45, 7) is 0.663. The van der Waals surface area contributed by atoms with E-state index in [1.807, 2.05) is 0 Å². The topological polar surface area (TPSA) is 113 Å². The van der Waals surface area contributed by atoms with Gasteiger partial charge in [0, 0.05) is 38.0 Å². The quantitative estimate of drug-likeness (QED) is 0.717. The first-order valence-electron chi connectivity index (χ1n) is 5.94. The standard InChI is InChI=1S/C11H15NO6S2/c13-10(14)9-5-8(6-19-9)20(16,17)12-7-11(15)1-3-18-4-2-11/h5-6,12,15H,1-4,7H2,(H,13,14). The molecule has 1 aliphatic heterocycles. The fourth-order valence-corrected chi connectivity index (χ4v) is 4.04. The predicted octanol–water partition coefficient (Wildman–Crippen LogP) is 0.266. The van der Waals surface area contributed by atoms with Crippen LogP contribution in [-0.4, -0.2) is 50.0 Å². The molecule has 0 unspecified atom stereocenters. The minimum absolute atomic E-state index is 0.0462. The van der Waals surface area contributed by atoms with E-state index in [2.05, 4.69) is 4.72 Å². The highest BCUT2D eigenvalue weighted by molar-refractivity contribution is 7.89. The predicted molar refractivity (Wildman–Crippen MR) is 71.5 cm³/mol. The third-order valence-electron chi connectivity index (χ3n) is 3.11. The van der Waals surface area contributed by atoms with Crippen molar-refractivity contribution in [1.29, 1.82) is 0 Å². The van der Waals surface area contributed by atoms with E-state index in [0.717, 1.165) is 17.4 Å². The van der Waals surface area contributed by atoms with Crippen LogP contribution in [0.5, 0.6) is 0 Å². The van der Waals surface area contributed by atoms with Crippen molar-refractivity contribution in [3.63, 3.8) is 0 Å². The van der Waals surface area contributed by atoms with E-state index in [0.29, 0.717) is 26.1 Å². The maximum absolute atomic E-state index is 12.0. The molecule has 1 aliphatic rings. The second-order valence-electron chi connectivity index (χ2n) is 4.61. The molecular weight excluding hydrogens is 306 g/mol. The zero-order valence-electron chi connectivity index (χ0n) is 10.5. The van der Waals surface area contributed by atoms with Crippen molar-refractivity contribution >= 4 is 27.3 Å². The molecular formula is C11H15NO6S2. The first-order valence-corrected chi connectivity index (χ1v) is 8.30. The van der Waals surface area contributed by atoms with Crippen LogP contribution in [0.25, 0.3) is 0 Å². The fourth-order valence-electron chi connectivity index (χ4n) is 1.81. The van der Waals surface area contributed by atoms with E-state index in [1.54, 1.807) is 0 Å². The summed E-state index contributed by atoms with van der Waals surface area (Å²) in [7, 11) is -3.81. The Kier molecular flexibility index (Phi) is 4.45. The normalized spacial score (nSPS) is 18.9. The molecule has 1 fully saturated rings. The molecule has 0 radical (unpaired) electrons. The number of aromatic carboxylic acids is 1. The monoisotopic (exact) mass is 321 g/mol. The second-order valence-corrected chi connectivity index (χ2v) is 7.29. The maximum Gasteiger partial charge on any atom is 0.345 e. The summed E-state index contributed by atoms with van der Waals surface area (Å²) < 4.78 is 31.5. The van der Waals surface area contributed by atoms with E-state index >= 15 is 0 Å². The first-order chi connectivity index (χ1) is 9.32.